The minimum absolute atomic E-state index is 0.386. The van der Waals surface area contributed by atoms with Crippen LogP contribution in [0.15, 0.2) is 23.4 Å². The molecule has 0 unspecified atom stereocenters. The zero-order chi connectivity index (χ0) is 10.1. The molecule has 1 fully saturated rings. The fourth-order valence-electron chi connectivity index (χ4n) is 1.39. The van der Waals surface area contributed by atoms with Gasteiger partial charge in [-0.15, -0.1) is 0 Å². The Bertz CT molecular complexity index is 386. The van der Waals surface area contributed by atoms with Crippen LogP contribution in [0.3, 0.4) is 0 Å². The predicted octanol–water partition coefficient (Wildman–Crippen LogP) is 3.58. The molecule has 4 heteroatoms. The van der Waals surface area contributed by atoms with Gasteiger partial charge in [-0.1, -0.05) is 34.4 Å². The predicted molar refractivity (Wildman–Crippen MR) is 57.5 cm³/mol. The van der Waals surface area contributed by atoms with E-state index in [0.29, 0.717) is 21.7 Å². The van der Waals surface area contributed by atoms with Gasteiger partial charge >= 0.3 is 0 Å². The molecule has 1 aliphatic carbocycles. The summed E-state index contributed by atoms with van der Waals surface area (Å²) in [6.07, 6.45) is 2.17. The Hall–Kier alpha value is -0.730. The maximum Gasteiger partial charge on any atom is 0.0899 e. The molecular formula is C10H9Cl2NO. The first-order valence-electron chi connectivity index (χ1n) is 4.39. The lowest BCUT2D eigenvalue weighted by Crippen LogP contribution is -2.03. The largest absolute Gasteiger partial charge is 0.411 e. The molecule has 2 rings (SSSR count). The number of nitrogens with zero attached hydrogens (tertiary/aromatic N) is 1. The van der Waals surface area contributed by atoms with Crippen molar-refractivity contribution in [2.24, 2.45) is 11.1 Å². The monoisotopic (exact) mass is 229 g/mol. The van der Waals surface area contributed by atoms with E-state index < -0.39 is 0 Å². The van der Waals surface area contributed by atoms with Crippen LogP contribution >= 0.6 is 23.2 Å². The van der Waals surface area contributed by atoms with Gasteiger partial charge in [-0.25, -0.2) is 0 Å². The van der Waals surface area contributed by atoms with Gasteiger partial charge in [0.05, 0.1) is 15.8 Å². The highest BCUT2D eigenvalue weighted by atomic mass is 35.5. The van der Waals surface area contributed by atoms with E-state index in [1.165, 1.54) is 0 Å². The number of oxime groups is 1. The van der Waals surface area contributed by atoms with E-state index in [0.717, 1.165) is 18.4 Å². The van der Waals surface area contributed by atoms with Crippen molar-refractivity contribution in [2.45, 2.75) is 12.8 Å². The van der Waals surface area contributed by atoms with Crippen molar-refractivity contribution in [2.75, 3.05) is 0 Å². The van der Waals surface area contributed by atoms with Crippen LogP contribution in [0.1, 0.15) is 18.4 Å². The highest BCUT2D eigenvalue weighted by Crippen LogP contribution is 2.34. The zero-order valence-electron chi connectivity index (χ0n) is 7.37. The van der Waals surface area contributed by atoms with Crippen molar-refractivity contribution in [1.29, 1.82) is 0 Å². The Labute approximate surface area is 92.1 Å². The van der Waals surface area contributed by atoms with Crippen LogP contribution < -0.4 is 0 Å². The van der Waals surface area contributed by atoms with Crippen LogP contribution in [0.5, 0.6) is 0 Å². The standard InChI is InChI=1S/C10H9Cl2NO/c11-8-4-3-7(5-9(8)12)10(13-14)6-1-2-6/h3-6,14H,1-2H2. The third kappa shape index (κ3) is 1.86. The number of halogens is 2. The van der Waals surface area contributed by atoms with Crippen molar-refractivity contribution in [3.63, 3.8) is 0 Å². The Morgan fingerprint density at radius 3 is 2.50 bits per heavy atom. The molecule has 0 spiro atoms. The molecule has 0 amide bonds. The molecule has 0 saturated heterocycles. The molecule has 0 radical (unpaired) electrons. The molecule has 1 saturated carbocycles. The van der Waals surface area contributed by atoms with Crippen LogP contribution in [0.4, 0.5) is 0 Å². The lowest BCUT2D eigenvalue weighted by molar-refractivity contribution is 0.317. The summed E-state index contributed by atoms with van der Waals surface area (Å²) in [6, 6.07) is 5.27. The third-order valence-electron chi connectivity index (χ3n) is 2.29. The van der Waals surface area contributed by atoms with Gasteiger partial charge in [-0.3, -0.25) is 0 Å². The third-order valence-corrected chi connectivity index (χ3v) is 3.03. The first-order chi connectivity index (χ1) is 6.72. The van der Waals surface area contributed by atoms with Gasteiger partial charge in [-0.2, -0.15) is 0 Å². The van der Waals surface area contributed by atoms with Crippen molar-refractivity contribution < 1.29 is 5.21 Å². The second-order valence-electron chi connectivity index (χ2n) is 3.39. The lowest BCUT2D eigenvalue weighted by atomic mass is 10.1. The summed E-state index contributed by atoms with van der Waals surface area (Å²) < 4.78 is 0. The maximum absolute atomic E-state index is 8.86. The maximum atomic E-state index is 8.86. The average Bonchev–Trinajstić information content (AvgIpc) is 2.96. The van der Waals surface area contributed by atoms with E-state index in [9.17, 15) is 0 Å². The minimum Gasteiger partial charge on any atom is -0.411 e. The van der Waals surface area contributed by atoms with Crippen LogP contribution in [-0.4, -0.2) is 10.9 Å². The van der Waals surface area contributed by atoms with Crippen molar-refractivity contribution in [3.8, 4) is 0 Å². The van der Waals surface area contributed by atoms with E-state index in [2.05, 4.69) is 5.16 Å². The second-order valence-corrected chi connectivity index (χ2v) is 4.20. The summed E-state index contributed by atoms with van der Waals surface area (Å²) in [4.78, 5) is 0. The fourth-order valence-corrected chi connectivity index (χ4v) is 1.69. The smallest absolute Gasteiger partial charge is 0.0899 e. The van der Waals surface area contributed by atoms with Crippen molar-refractivity contribution in [1.82, 2.24) is 0 Å². The molecule has 2 nitrogen and oxygen atoms in total. The SMILES string of the molecule is ON=C(c1ccc(Cl)c(Cl)c1)C1CC1. The summed E-state index contributed by atoms with van der Waals surface area (Å²) in [7, 11) is 0. The molecular weight excluding hydrogens is 221 g/mol. The lowest BCUT2D eigenvalue weighted by Gasteiger charge is -2.03. The van der Waals surface area contributed by atoms with E-state index in [1.54, 1.807) is 12.1 Å². The first kappa shape index (κ1) is 9.81. The van der Waals surface area contributed by atoms with Gasteiger partial charge in [0, 0.05) is 11.5 Å². The normalized spacial score (nSPS) is 17.1. The first-order valence-corrected chi connectivity index (χ1v) is 5.15. The van der Waals surface area contributed by atoms with Crippen molar-refractivity contribution in [3.05, 3.63) is 33.8 Å². The van der Waals surface area contributed by atoms with Crippen LogP contribution in [0.25, 0.3) is 0 Å². The van der Waals surface area contributed by atoms with Gasteiger partial charge in [0.15, 0.2) is 0 Å². The molecule has 1 aromatic rings. The van der Waals surface area contributed by atoms with Gasteiger partial charge < -0.3 is 5.21 Å². The van der Waals surface area contributed by atoms with E-state index >= 15 is 0 Å². The number of hydrogen-bond donors (Lipinski definition) is 1. The van der Waals surface area contributed by atoms with Crippen LogP contribution in [-0.2, 0) is 0 Å². The second kappa shape index (κ2) is 3.79. The Morgan fingerprint density at radius 2 is 2.00 bits per heavy atom. The molecule has 0 atom stereocenters. The summed E-state index contributed by atoms with van der Waals surface area (Å²) >= 11 is 11.7. The van der Waals surface area contributed by atoms with E-state index in [4.69, 9.17) is 28.4 Å². The van der Waals surface area contributed by atoms with Crippen LogP contribution in [0, 0.1) is 5.92 Å². The molecule has 0 aromatic heterocycles. The highest BCUT2D eigenvalue weighted by Gasteiger charge is 2.29. The minimum atomic E-state index is 0.386. The number of hydrogen-bond acceptors (Lipinski definition) is 2. The molecule has 1 aliphatic rings. The summed E-state index contributed by atoms with van der Waals surface area (Å²) in [6.45, 7) is 0. The van der Waals surface area contributed by atoms with Crippen molar-refractivity contribution >= 4 is 28.9 Å². The molecule has 0 heterocycles. The number of rotatable bonds is 2. The van der Waals surface area contributed by atoms with Crippen LogP contribution in [0.2, 0.25) is 10.0 Å². The summed E-state index contributed by atoms with van der Waals surface area (Å²) in [5.74, 6) is 0.386. The topological polar surface area (TPSA) is 32.6 Å². The highest BCUT2D eigenvalue weighted by molar-refractivity contribution is 6.42. The molecule has 14 heavy (non-hydrogen) atoms. The average molecular weight is 230 g/mol. The molecule has 1 N–H and O–H groups in total. The van der Waals surface area contributed by atoms with Gasteiger partial charge in [0.25, 0.3) is 0 Å². The molecule has 74 valence electrons. The van der Waals surface area contributed by atoms with E-state index in [-0.39, 0.29) is 0 Å². The molecule has 0 aliphatic heterocycles. The summed E-state index contributed by atoms with van der Waals surface area (Å²) in [5.41, 5.74) is 1.56. The Morgan fingerprint density at radius 1 is 1.29 bits per heavy atom. The van der Waals surface area contributed by atoms with E-state index in [1.807, 2.05) is 6.07 Å². The Balaban J connectivity index is 2.35. The Kier molecular flexibility index (Phi) is 2.66. The fraction of sp³-hybridized carbons (Fsp3) is 0.300. The molecule has 0 bridgehead atoms. The quantitative estimate of drug-likeness (QED) is 0.470. The molecule has 1 aromatic carbocycles. The number of benzene rings is 1. The summed E-state index contributed by atoms with van der Waals surface area (Å²) in [5, 5.41) is 13.2. The van der Waals surface area contributed by atoms with Gasteiger partial charge in [0.2, 0.25) is 0 Å². The van der Waals surface area contributed by atoms with Gasteiger partial charge in [0.1, 0.15) is 0 Å². The zero-order valence-corrected chi connectivity index (χ0v) is 8.89. The van der Waals surface area contributed by atoms with Gasteiger partial charge in [-0.05, 0) is 25.0 Å².